The molecule has 31 heavy (non-hydrogen) atoms. The Kier molecular flexibility index (Phi) is 6.92. The summed E-state index contributed by atoms with van der Waals surface area (Å²) >= 11 is 6.60. The predicted molar refractivity (Wildman–Crippen MR) is 126 cm³/mol. The number of hydrogen-bond donors (Lipinski definition) is 3. The van der Waals surface area contributed by atoms with E-state index < -0.39 is 5.97 Å². The highest BCUT2D eigenvalue weighted by atomic mass is 35.5. The van der Waals surface area contributed by atoms with Crippen LogP contribution in [-0.4, -0.2) is 32.7 Å². The molecule has 0 radical (unpaired) electrons. The number of aromatic nitrogens is 2. The van der Waals surface area contributed by atoms with E-state index in [4.69, 9.17) is 16.7 Å². The number of carboxylic acid groups (broad SMARTS) is 1. The lowest BCUT2D eigenvalue weighted by atomic mass is 9.96. The van der Waals surface area contributed by atoms with Gasteiger partial charge in [0.15, 0.2) is 0 Å². The van der Waals surface area contributed by atoms with Gasteiger partial charge in [-0.05, 0) is 47.5 Å². The van der Waals surface area contributed by atoms with E-state index >= 15 is 0 Å². The van der Waals surface area contributed by atoms with Crippen molar-refractivity contribution in [3.63, 3.8) is 0 Å². The minimum Gasteiger partial charge on any atom is -0.508 e. The maximum atomic E-state index is 10.7. The number of aryl methyl sites for hydroxylation is 1. The molecule has 0 fully saturated rings. The van der Waals surface area contributed by atoms with E-state index in [0.29, 0.717) is 16.5 Å². The molecular weight excluding hydrogens is 414 g/mol. The van der Waals surface area contributed by atoms with E-state index in [0.717, 1.165) is 33.0 Å². The predicted octanol–water partition coefficient (Wildman–Crippen LogP) is 6.03. The molecule has 0 aliphatic heterocycles. The third-order valence-electron chi connectivity index (χ3n) is 4.73. The summed E-state index contributed by atoms with van der Waals surface area (Å²) in [6, 6.07) is 14.9. The molecule has 4 rings (SSSR count). The van der Waals surface area contributed by atoms with Gasteiger partial charge in [-0.25, -0.2) is 9.97 Å². The van der Waals surface area contributed by atoms with Gasteiger partial charge in [-0.15, -0.1) is 0 Å². The Bertz CT molecular complexity index is 1260. The van der Waals surface area contributed by atoms with Gasteiger partial charge in [0.25, 0.3) is 0 Å². The number of aromatic hydroxyl groups is 1. The van der Waals surface area contributed by atoms with Crippen molar-refractivity contribution in [3.05, 3.63) is 59.2 Å². The van der Waals surface area contributed by atoms with Crippen molar-refractivity contribution in [3.8, 4) is 16.9 Å². The molecule has 0 aliphatic rings. The number of benzene rings is 3. The smallest absolute Gasteiger partial charge is 0.305 e. The van der Waals surface area contributed by atoms with Crippen LogP contribution in [0.2, 0.25) is 5.02 Å². The molecule has 0 saturated heterocycles. The molecule has 4 aromatic rings. The van der Waals surface area contributed by atoms with Crippen LogP contribution in [0, 0.1) is 6.92 Å². The van der Waals surface area contributed by atoms with Crippen LogP contribution in [0.3, 0.4) is 0 Å². The first-order chi connectivity index (χ1) is 14.9. The highest BCUT2D eigenvalue weighted by Crippen LogP contribution is 2.38. The van der Waals surface area contributed by atoms with Crippen molar-refractivity contribution in [1.29, 1.82) is 0 Å². The number of aliphatic carboxylic acids is 1. The van der Waals surface area contributed by atoms with Gasteiger partial charge in [0.2, 0.25) is 5.95 Å². The van der Waals surface area contributed by atoms with Gasteiger partial charge < -0.3 is 15.5 Å². The molecule has 0 atom stereocenters. The van der Waals surface area contributed by atoms with Crippen LogP contribution in [0.25, 0.3) is 32.8 Å². The van der Waals surface area contributed by atoms with Crippen molar-refractivity contribution >= 4 is 45.2 Å². The summed E-state index contributed by atoms with van der Waals surface area (Å²) in [7, 11) is 0. The summed E-state index contributed by atoms with van der Waals surface area (Å²) in [5.74, 6) is -0.366. The van der Waals surface area contributed by atoms with Gasteiger partial charge in [0.1, 0.15) is 5.75 Å². The lowest BCUT2D eigenvalue weighted by Crippen LogP contribution is -2.10. The Morgan fingerprint density at radius 2 is 1.77 bits per heavy atom. The number of fused-ring (bicyclic) bond motifs is 2. The second kappa shape index (κ2) is 9.62. The molecule has 3 aromatic carbocycles. The van der Waals surface area contributed by atoms with E-state index in [1.165, 1.54) is 0 Å². The molecule has 7 heteroatoms. The quantitative estimate of drug-likeness (QED) is 0.352. The summed E-state index contributed by atoms with van der Waals surface area (Å²) in [4.78, 5) is 19.6. The molecular formula is C24H24ClN3O3. The molecule has 1 heterocycles. The largest absolute Gasteiger partial charge is 0.508 e. The Morgan fingerprint density at radius 1 is 1.03 bits per heavy atom. The zero-order valence-corrected chi connectivity index (χ0v) is 18.4. The fourth-order valence-corrected chi connectivity index (χ4v) is 3.65. The molecule has 0 bridgehead atoms. The number of carbonyl (C=O) groups is 1. The van der Waals surface area contributed by atoms with Crippen molar-refractivity contribution < 1.29 is 15.0 Å². The number of carboxylic acids is 1. The van der Waals surface area contributed by atoms with Crippen molar-refractivity contribution in [1.82, 2.24) is 9.97 Å². The zero-order valence-electron chi connectivity index (χ0n) is 17.6. The fraction of sp³-hybridized carbons (Fsp3) is 0.208. The van der Waals surface area contributed by atoms with Crippen LogP contribution >= 0.6 is 11.6 Å². The van der Waals surface area contributed by atoms with Crippen LogP contribution in [0.5, 0.6) is 5.75 Å². The van der Waals surface area contributed by atoms with Gasteiger partial charge in [0.05, 0.1) is 17.6 Å². The first-order valence-corrected chi connectivity index (χ1v) is 10.5. The Hall–Kier alpha value is -3.38. The molecule has 3 N–H and O–H groups in total. The first kappa shape index (κ1) is 22.3. The molecule has 1 aromatic heterocycles. The monoisotopic (exact) mass is 437 g/mol. The van der Waals surface area contributed by atoms with Crippen molar-refractivity contribution in [2.24, 2.45) is 0 Å². The van der Waals surface area contributed by atoms with Gasteiger partial charge >= 0.3 is 5.97 Å². The van der Waals surface area contributed by atoms with E-state index in [9.17, 15) is 9.90 Å². The Morgan fingerprint density at radius 3 is 2.52 bits per heavy atom. The van der Waals surface area contributed by atoms with Crippen LogP contribution in [0.4, 0.5) is 5.95 Å². The fourth-order valence-electron chi connectivity index (χ4n) is 3.39. The number of halogens is 1. The van der Waals surface area contributed by atoms with E-state index in [1.807, 2.05) is 57.2 Å². The number of nitrogens with zero attached hydrogens (tertiary/aromatic N) is 2. The van der Waals surface area contributed by atoms with Crippen LogP contribution in [0.1, 0.15) is 26.0 Å². The standard InChI is InChI=1S/C22H18ClN3O3.C2H6/c1-12-16-10-19(23)18(11-20(16)26-22(25-12)24-7-6-21(28)29)17-9-14(27)8-13-4-2-3-5-15(13)17;1-2/h2-5,8-11,27H,6-7H2,1H3,(H,28,29)(H,24,25,26);1-2H3. The molecule has 160 valence electrons. The summed E-state index contributed by atoms with van der Waals surface area (Å²) in [6.45, 7) is 6.09. The van der Waals surface area contributed by atoms with Crippen LogP contribution < -0.4 is 5.32 Å². The second-order valence-corrected chi connectivity index (χ2v) is 7.17. The second-order valence-electron chi connectivity index (χ2n) is 6.77. The van der Waals surface area contributed by atoms with Gasteiger partial charge in [-0.3, -0.25) is 4.79 Å². The molecule has 0 saturated carbocycles. The SMILES string of the molecule is CC.Cc1nc(NCCC(=O)O)nc2cc(-c3cc(O)cc4ccccc34)c(Cl)cc12. The molecule has 0 unspecified atom stereocenters. The number of anilines is 1. The van der Waals surface area contributed by atoms with Crippen molar-refractivity contribution in [2.75, 3.05) is 11.9 Å². The Balaban J connectivity index is 0.00000132. The average molecular weight is 438 g/mol. The summed E-state index contributed by atoms with van der Waals surface area (Å²) < 4.78 is 0. The Labute approximate surface area is 185 Å². The summed E-state index contributed by atoms with van der Waals surface area (Å²) in [6.07, 6.45) is -0.0262. The molecule has 0 amide bonds. The van der Waals surface area contributed by atoms with Crippen LogP contribution in [-0.2, 0) is 4.79 Å². The number of nitrogens with one attached hydrogen (secondary N) is 1. The van der Waals surface area contributed by atoms with Crippen LogP contribution in [0.15, 0.2) is 48.5 Å². The van der Waals surface area contributed by atoms with E-state index in [1.54, 1.807) is 12.1 Å². The summed E-state index contributed by atoms with van der Waals surface area (Å²) in [5, 5.41) is 25.2. The number of phenols is 1. The first-order valence-electron chi connectivity index (χ1n) is 10.1. The van der Waals surface area contributed by atoms with Crippen molar-refractivity contribution in [2.45, 2.75) is 27.2 Å². The van der Waals surface area contributed by atoms with E-state index in [2.05, 4.69) is 15.3 Å². The number of phenolic OH excluding ortho intramolecular Hbond substituents is 1. The highest BCUT2D eigenvalue weighted by molar-refractivity contribution is 6.34. The van der Waals surface area contributed by atoms with E-state index in [-0.39, 0.29) is 18.7 Å². The molecule has 0 spiro atoms. The normalized spacial score (nSPS) is 10.6. The van der Waals surface area contributed by atoms with Gasteiger partial charge in [-0.2, -0.15) is 0 Å². The number of rotatable bonds is 5. The maximum absolute atomic E-state index is 10.7. The minimum atomic E-state index is -0.889. The maximum Gasteiger partial charge on any atom is 0.305 e. The molecule has 6 nitrogen and oxygen atoms in total. The van der Waals surface area contributed by atoms with Gasteiger partial charge in [0, 0.05) is 22.5 Å². The number of hydrogen-bond acceptors (Lipinski definition) is 5. The lowest BCUT2D eigenvalue weighted by Gasteiger charge is -2.13. The minimum absolute atomic E-state index is 0.0262. The third kappa shape index (κ3) is 4.86. The topological polar surface area (TPSA) is 95.3 Å². The highest BCUT2D eigenvalue weighted by Gasteiger charge is 2.14. The average Bonchev–Trinajstić information content (AvgIpc) is 2.74. The molecule has 0 aliphatic carbocycles. The van der Waals surface area contributed by atoms with Gasteiger partial charge in [-0.1, -0.05) is 49.7 Å². The summed E-state index contributed by atoms with van der Waals surface area (Å²) in [5.41, 5.74) is 2.98. The zero-order chi connectivity index (χ0) is 22.5. The lowest BCUT2D eigenvalue weighted by molar-refractivity contribution is -0.136. The third-order valence-corrected chi connectivity index (χ3v) is 5.05.